The van der Waals surface area contributed by atoms with E-state index in [2.05, 4.69) is 30.9 Å². The number of piperidine rings is 1. The number of hydrogen-bond donors (Lipinski definition) is 0. The molecule has 1 aliphatic rings. The Labute approximate surface area is 177 Å². The molecule has 1 aromatic heterocycles. The van der Waals surface area contributed by atoms with Gasteiger partial charge in [-0.25, -0.2) is 8.42 Å². The van der Waals surface area contributed by atoms with E-state index >= 15 is 0 Å². The lowest BCUT2D eigenvalue weighted by atomic mass is 9.87. The van der Waals surface area contributed by atoms with Gasteiger partial charge in [-0.3, -0.25) is 4.79 Å². The van der Waals surface area contributed by atoms with E-state index in [4.69, 9.17) is 9.26 Å². The molecule has 1 saturated heterocycles. The Balaban J connectivity index is 1.55. The van der Waals surface area contributed by atoms with Crippen LogP contribution in [0.1, 0.15) is 57.8 Å². The molecule has 0 radical (unpaired) electrons. The van der Waals surface area contributed by atoms with E-state index in [0.29, 0.717) is 25.1 Å². The second kappa shape index (κ2) is 8.85. The van der Waals surface area contributed by atoms with Gasteiger partial charge in [0.15, 0.2) is 12.4 Å². The Bertz CT molecular complexity index is 969. The van der Waals surface area contributed by atoms with Gasteiger partial charge < -0.3 is 9.26 Å². The first-order valence-corrected chi connectivity index (χ1v) is 11.6. The van der Waals surface area contributed by atoms with Gasteiger partial charge in [0.2, 0.25) is 10.0 Å². The quantitative estimate of drug-likeness (QED) is 0.643. The summed E-state index contributed by atoms with van der Waals surface area (Å²) < 4.78 is 37.6. The summed E-state index contributed by atoms with van der Waals surface area (Å²) in [5, 5.41) is 3.76. The SMILES string of the molecule is CCc1noc(COC(=O)C2CCN(S(=O)(=O)c3ccc(C(C)(C)C)cc3)CC2)n1. The standard InChI is InChI=1S/C21H29N3O5S/c1-5-18-22-19(29-23-18)14-28-20(25)15-10-12-24(13-11-15)30(26,27)17-8-6-16(7-9-17)21(2,3)4/h6-9,15H,5,10-14H2,1-4H3. The van der Waals surface area contributed by atoms with Crippen molar-refractivity contribution in [1.29, 1.82) is 0 Å². The number of ether oxygens (including phenoxy) is 1. The van der Waals surface area contributed by atoms with Crippen molar-refractivity contribution in [3.8, 4) is 0 Å². The maximum atomic E-state index is 12.9. The van der Waals surface area contributed by atoms with Crippen molar-refractivity contribution in [1.82, 2.24) is 14.4 Å². The third kappa shape index (κ3) is 5.07. The van der Waals surface area contributed by atoms with Crippen LogP contribution in [0.15, 0.2) is 33.7 Å². The van der Waals surface area contributed by atoms with Crippen LogP contribution in [0, 0.1) is 5.92 Å². The average Bonchev–Trinajstić information content (AvgIpc) is 3.20. The van der Waals surface area contributed by atoms with E-state index in [9.17, 15) is 13.2 Å². The largest absolute Gasteiger partial charge is 0.455 e. The summed E-state index contributed by atoms with van der Waals surface area (Å²) in [6, 6.07) is 7.04. The monoisotopic (exact) mass is 435 g/mol. The highest BCUT2D eigenvalue weighted by Gasteiger charge is 2.33. The minimum atomic E-state index is -3.58. The fourth-order valence-corrected chi connectivity index (χ4v) is 4.82. The molecule has 2 aromatic rings. The first-order chi connectivity index (χ1) is 14.1. The third-order valence-corrected chi connectivity index (χ3v) is 7.22. The number of nitrogens with zero attached hydrogens (tertiary/aromatic N) is 3. The third-order valence-electron chi connectivity index (χ3n) is 5.31. The van der Waals surface area contributed by atoms with E-state index < -0.39 is 10.0 Å². The molecule has 30 heavy (non-hydrogen) atoms. The molecule has 0 saturated carbocycles. The van der Waals surface area contributed by atoms with Crippen LogP contribution in [0.3, 0.4) is 0 Å². The molecular weight excluding hydrogens is 406 g/mol. The predicted molar refractivity (Wildman–Crippen MR) is 110 cm³/mol. The zero-order valence-electron chi connectivity index (χ0n) is 17.9. The smallest absolute Gasteiger partial charge is 0.309 e. The van der Waals surface area contributed by atoms with Gasteiger partial charge in [0.25, 0.3) is 5.89 Å². The van der Waals surface area contributed by atoms with Crippen molar-refractivity contribution in [2.24, 2.45) is 5.92 Å². The van der Waals surface area contributed by atoms with Gasteiger partial charge in [0, 0.05) is 19.5 Å². The van der Waals surface area contributed by atoms with Gasteiger partial charge in [-0.2, -0.15) is 9.29 Å². The first kappa shape index (κ1) is 22.4. The maximum absolute atomic E-state index is 12.9. The number of rotatable bonds is 6. The lowest BCUT2D eigenvalue weighted by Gasteiger charge is -2.30. The van der Waals surface area contributed by atoms with Gasteiger partial charge in [-0.05, 0) is 36.0 Å². The van der Waals surface area contributed by atoms with E-state index in [1.165, 1.54) is 4.31 Å². The van der Waals surface area contributed by atoms with Crippen LogP contribution in [-0.4, -0.2) is 41.9 Å². The van der Waals surface area contributed by atoms with Gasteiger partial charge in [0.1, 0.15) is 0 Å². The highest BCUT2D eigenvalue weighted by Crippen LogP contribution is 2.27. The minimum Gasteiger partial charge on any atom is -0.455 e. The molecule has 1 aliphatic heterocycles. The normalized spacial score (nSPS) is 16.5. The molecule has 8 nitrogen and oxygen atoms in total. The summed E-state index contributed by atoms with van der Waals surface area (Å²) in [7, 11) is -3.58. The van der Waals surface area contributed by atoms with Gasteiger partial charge in [-0.15, -0.1) is 0 Å². The number of carbonyl (C=O) groups excluding carboxylic acids is 1. The van der Waals surface area contributed by atoms with Crippen LogP contribution in [0.2, 0.25) is 0 Å². The fraction of sp³-hybridized carbons (Fsp3) is 0.571. The van der Waals surface area contributed by atoms with E-state index in [1.807, 2.05) is 19.1 Å². The number of benzene rings is 1. The molecule has 0 spiro atoms. The lowest BCUT2D eigenvalue weighted by Crippen LogP contribution is -2.40. The highest BCUT2D eigenvalue weighted by molar-refractivity contribution is 7.89. The fourth-order valence-electron chi connectivity index (χ4n) is 3.35. The summed E-state index contributed by atoms with van der Waals surface area (Å²) in [6.45, 7) is 8.66. The molecule has 0 atom stereocenters. The lowest BCUT2D eigenvalue weighted by molar-refractivity contribution is -0.152. The predicted octanol–water partition coefficient (Wildman–Crippen LogP) is 3.07. The summed E-state index contributed by atoms with van der Waals surface area (Å²) in [6.07, 6.45) is 1.48. The molecular formula is C21H29N3O5S. The Morgan fingerprint density at radius 3 is 2.37 bits per heavy atom. The summed E-state index contributed by atoms with van der Waals surface area (Å²) in [5.74, 6) is 0.125. The zero-order chi connectivity index (χ0) is 21.9. The Hall–Kier alpha value is -2.26. The number of sulfonamides is 1. The van der Waals surface area contributed by atoms with E-state index in [1.54, 1.807) is 12.1 Å². The Kier molecular flexibility index (Phi) is 6.62. The molecule has 0 aliphatic carbocycles. The molecule has 2 heterocycles. The number of hydrogen-bond acceptors (Lipinski definition) is 7. The second-order valence-electron chi connectivity index (χ2n) is 8.52. The molecule has 0 N–H and O–H groups in total. The number of aryl methyl sites for hydroxylation is 1. The van der Waals surface area contributed by atoms with Crippen molar-refractivity contribution in [3.05, 3.63) is 41.5 Å². The molecule has 0 unspecified atom stereocenters. The molecule has 0 bridgehead atoms. The number of aromatic nitrogens is 2. The highest BCUT2D eigenvalue weighted by atomic mass is 32.2. The number of carbonyl (C=O) groups is 1. The average molecular weight is 436 g/mol. The topological polar surface area (TPSA) is 103 Å². The molecule has 0 amide bonds. The Morgan fingerprint density at radius 2 is 1.83 bits per heavy atom. The second-order valence-corrected chi connectivity index (χ2v) is 10.5. The van der Waals surface area contributed by atoms with Crippen LogP contribution < -0.4 is 0 Å². The molecule has 1 aromatic carbocycles. The molecule has 9 heteroatoms. The first-order valence-electron chi connectivity index (χ1n) is 10.2. The minimum absolute atomic E-state index is 0.0413. The van der Waals surface area contributed by atoms with E-state index in [-0.39, 0.29) is 47.8 Å². The summed E-state index contributed by atoms with van der Waals surface area (Å²) in [5.41, 5.74) is 1.04. The van der Waals surface area contributed by atoms with E-state index in [0.717, 1.165) is 5.56 Å². The maximum Gasteiger partial charge on any atom is 0.309 e. The van der Waals surface area contributed by atoms with Crippen LogP contribution in [0.4, 0.5) is 0 Å². The number of esters is 1. The van der Waals surface area contributed by atoms with Crippen LogP contribution in [0.25, 0.3) is 0 Å². The van der Waals surface area contributed by atoms with Crippen LogP contribution in [0.5, 0.6) is 0 Å². The van der Waals surface area contributed by atoms with Crippen molar-refractivity contribution >= 4 is 16.0 Å². The molecule has 3 rings (SSSR count). The van der Waals surface area contributed by atoms with Crippen molar-refractivity contribution in [3.63, 3.8) is 0 Å². The van der Waals surface area contributed by atoms with Crippen molar-refractivity contribution in [2.75, 3.05) is 13.1 Å². The molecule has 164 valence electrons. The van der Waals surface area contributed by atoms with Crippen molar-refractivity contribution < 1.29 is 22.5 Å². The zero-order valence-corrected chi connectivity index (χ0v) is 18.7. The van der Waals surface area contributed by atoms with Gasteiger partial charge in [-0.1, -0.05) is 45.0 Å². The summed E-state index contributed by atoms with van der Waals surface area (Å²) >= 11 is 0. The summed E-state index contributed by atoms with van der Waals surface area (Å²) in [4.78, 5) is 16.7. The van der Waals surface area contributed by atoms with Crippen LogP contribution in [-0.2, 0) is 38.0 Å². The van der Waals surface area contributed by atoms with Crippen LogP contribution >= 0.6 is 0 Å². The van der Waals surface area contributed by atoms with Crippen molar-refractivity contribution in [2.45, 2.75) is 63.9 Å². The Morgan fingerprint density at radius 1 is 1.20 bits per heavy atom. The van der Waals surface area contributed by atoms with Gasteiger partial charge in [0.05, 0.1) is 10.8 Å². The van der Waals surface area contributed by atoms with Gasteiger partial charge >= 0.3 is 5.97 Å². The molecule has 1 fully saturated rings.